The average molecular weight is 277 g/mol. The van der Waals surface area contributed by atoms with E-state index in [1.165, 1.54) is 5.56 Å². The lowest BCUT2D eigenvalue weighted by Crippen LogP contribution is -1.97. The van der Waals surface area contributed by atoms with Gasteiger partial charge >= 0.3 is 0 Å². The van der Waals surface area contributed by atoms with Gasteiger partial charge in [0.15, 0.2) is 5.82 Å². The van der Waals surface area contributed by atoms with E-state index in [1.807, 2.05) is 32.0 Å². The lowest BCUT2D eigenvalue weighted by molar-refractivity contribution is 1.04. The van der Waals surface area contributed by atoms with Crippen molar-refractivity contribution in [3.63, 3.8) is 0 Å². The predicted octanol–water partition coefficient (Wildman–Crippen LogP) is 3.83. The summed E-state index contributed by atoms with van der Waals surface area (Å²) in [5.74, 6) is 0.785. The first-order chi connectivity index (χ1) is 7.59. The van der Waals surface area contributed by atoms with Crippen molar-refractivity contribution in [3.05, 3.63) is 45.7 Å². The molecule has 0 aliphatic heterocycles. The van der Waals surface area contributed by atoms with Crippen molar-refractivity contribution in [3.8, 4) is 11.4 Å². The molecule has 1 aromatic heterocycles. The van der Waals surface area contributed by atoms with E-state index >= 15 is 0 Å². The van der Waals surface area contributed by atoms with Gasteiger partial charge in [-0.3, -0.25) is 0 Å². The minimum atomic E-state index is 0.785. The molecule has 0 saturated heterocycles. The quantitative estimate of drug-likeness (QED) is 0.740. The molecule has 0 aliphatic rings. The molecule has 2 aromatic rings. The van der Waals surface area contributed by atoms with Gasteiger partial charge in [-0.15, -0.1) is 0 Å². The van der Waals surface area contributed by atoms with Crippen LogP contribution in [0, 0.1) is 20.8 Å². The molecule has 16 heavy (non-hydrogen) atoms. The second kappa shape index (κ2) is 4.34. The molecule has 0 saturated carbocycles. The normalized spacial score (nSPS) is 10.5. The summed E-state index contributed by atoms with van der Waals surface area (Å²) < 4.78 is 0.873. The van der Waals surface area contributed by atoms with Gasteiger partial charge in [0.1, 0.15) is 4.60 Å². The zero-order valence-corrected chi connectivity index (χ0v) is 11.2. The molecule has 0 aliphatic carbocycles. The van der Waals surface area contributed by atoms with Crippen LogP contribution in [0.2, 0.25) is 0 Å². The van der Waals surface area contributed by atoms with Gasteiger partial charge in [-0.25, -0.2) is 9.97 Å². The first-order valence-corrected chi connectivity index (χ1v) is 5.95. The average Bonchev–Trinajstić information content (AvgIpc) is 2.26. The molecule has 0 spiro atoms. The van der Waals surface area contributed by atoms with Gasteiger partial charge < -0.3 is 0 Å². The number of hydrogen-bond donors (Lipinski definition) is 0. The molecule has 0 bridgehead atoms. The second-order valence-corrected chi connectivity index (χ2v) is 4.61. The first kappa shape index (κ1) is 11.3. The SMILES string of the molecule is Cc1ccccc1-c1nc(C)c(C)c(Br)n1. The maximum Gasteiger partial charge on any atom is 0.160 e. The smallest absolute Gasteiger partial charge is 0.160 e. The molecule has 1 heterocycles. The highest BCUT2D eigenvalue weighted by molar-refractivity contribution is 9.10. The highest BCUT2D eigenvalue weighted by Crippen LogP contribution is 2.23. The van der Waals surface area contributed by atoms with E-state index in [4.69, 9.17) is 0 Å². The van der Waals surface area contributed by atoms with Gasteiger partial charge in [0.2, 0.25) is 0 Å². The van der Waals surface area contributed by atoms with Crippen molar-refractivity contribution in [2.45, 2.75) is 20.8 Å². The van der Waals surface area contributed by atoms with Crippen LogP contribution in [0.5, 0.6) is 0 Å². The Morgan fingerprint density at radius 1 is 1.00 bits per heavy atom. The topological polar surface area (TPSA) is 25.8 Å². The zero-order chi connectivity index (χ0) is 11.7. The Kier molecular flexibility index (Phi) is 3.06. The minimum absolute atomic E-state index is 0.785. The third-order valence-corrected chi connectivity index (χ3v) is 3.49. The molecule has 2 rings (SSSR count). The Labute approximate surface area is 104 Å². The molecule has 1 aromatic carbocycles. The van der Waals surface area contributed by atoms with Crippen molar-refractivity contribution in [2.24, 2.45) is 0 Å². The second-order valence-electron chi connectivity index (χ2n) is 3.86. The van der Waals surface area contributed by atoms with Crippen LogP contribution in [0.3, 0.4) is 0 Å². The van der Waals surface area contributed by atoms with Gasteiger partial charge in [-0.05, 0) is 42.3 Å². The van der Waals surface area contributed by atoms with Crippen LogP contribution < -0.4 is 0 Å². The first-order valence-electron chi connectivity index (χ1n) is 5.16. The molecule has 0 radical (unpaired) electrons. The Morgan fingerprint density at radius 3 is 2.31 bits per heavy atom. The minimum Gasteiger partial charge on any atom is -0.233 e. The fourth-order valence-corrected chi connectivity index (χ4v) is 1.99. The number of hydrogen-bond acceptors (Lipinski definition) is 2. The number of rotatable bonds is 1. The number of nitrogens with zero attached hydrogens (tertiary/aromatic N) is 2. The maximum atomic E-state index is 4.52. The van der Waals surface area contributed by atoms with E-state index in [9.17, 15) is 0 Å². The lowest BCUT2D eigenvalue weighted by Gasteiger charge is -2.08. The van der Waals surface area contributed by atoms with E-state index in [-0.39, 0.29) is 0 Å². The predicted molar refractivity (Wildman–Crippen MR) is 69.4 cm³/mol. The van der Waals surface area contributed by atoms with Crippen LogP contribution >= 0.6 is 15.9 Å². The van der Waals surface area contributed by atoms with Gasteiger partial charge in [-0.2, -0.15) is 0 Å². The van der Waals surface area contributed by atoms with Crippen molar-refractivity contribution >= 4 is 15.9 Å². The van der Waals surface area contributed by atoms with Crippen LogP contribution in [0.15, 0.2) is 28.9 Å². The molecule has 0 fully saturated rings. The van der Waals surface area contributed by atoms with Gasteiger partial charge in [0.25, 0.3) is 0 Å². The van der Waals surface area contributed by atoms with E-state index < -0.39 is 0 Å². The van der Waals surface area contributed by atoms with Crippen molar-refractivity contribution in [1.29, 1.82) is 0 Å². The Bertz CT molecular complexity index is 512. The van der Waals surface area contributed by atoms with Crippen molar-refractivity contribution < 1.29 is 0 Å². The van der Waals surface area contributed by atoms with Crippen LogP contribution in [0.1, 0.15) is 16.8 Å². The molecule has 2 nitrogen and oxygen atoms in total. The van der Waals surface area contributed by atoms with Crippen LogP contribution in [0.25, 0.3) is 11.4 Å². The molecule has 0 unspecified atom stereocenters. The largest absolute Gasteiger partial charge is 0.233 e. The molecular weight excluding hydrogens is 264 g/mol. The molecular formula is C13H13BrN2. The molecule has 3 heteroatoms. The van der Waals surface area contributed by atoms with E-state index in [2.05, 4.69) is 38.9 Å². The summed E-state index contributed by atoms with van der Waals surface area (Å²) in [7, 11) is 0. The Morgan fingerprint density at radius 2 is 1.69 bits per heavy atom. The zero-order valence-electron chi connectivity index (χ0n) is 9.58. The third kappa shape index (κ3) is 2.00. The summed E-state index contributed by atoms with van der Waals surface area (Å²) in [6.45, 7) is 6.09. The van der Waals surface area contributed by atoms with Crippen LogP contribution in [-0.4, -0.2) is 9.97 Å². The Balaban J connectivity index is 2.62. The number of aromatic nitrogens is 2. The van der Waals surface area contributed by atoms with Crippen molar-refractivity contribution in [1.82, 2.24) is 9.97 Å². The van der Waals surface area contributed by atoms with E-state index in [0.717, 1.165) is 27.2 Å². The highest BCUT2D eigenvalue weighted by Gasteiger charge is 2.08. The number of halogens is 1. The summed E-state index contributed by atoms with van der Waals surface area (Å²) in [4.78, 5) is 8.99. The monoisotopic (exact) mass is 276 g/mol. The molecule has 0 amide bonds. The summed E-state index contributed by atoms with van der Waals surface area (Å²) >= 11 is 3.47. The molecule has 0 atom stereocenters. The summed E-state index contributed by atoms with van der Waals surface area (Å²) in [5.41, 5.74) is 4.39. The van der Waals surface area contributed by atoms with E-state index in [0.29, 0.717) is 0 Å². The fourth-order valence-electron chi connectivity index (χ4n) is 1.54. The molecule has 0 N–H and O–H groups in total. The van der Waals surface area contributed by atoms with Gasteiger partial charge in [0, 0.05) is 16.8 Å². The summed E-state index contributed by atoms with van der Waals surface area (Å²) in [6, 6.07) is 8.15. The molecule has 82 valence electrons. The third-order valence-electron chi connectivity index (χ3n) is 2.72. The van der Waals surface area contributed by atoms with Gasteiger partial charge in [0.05, 0.1) is 0 Å². The number of benzene rings is 1. The van der Waals surface area contributed by atoms with Crippen LogP contribution in [0.4, 0.5) is 0 Å². The Hall–Kier alpha value is -1.22. The van der Waals surface area contributed by atoms with Gasteiger partial charge in [-0.1, -0.05) is 24.3 Å². The highest BCUT2D eigenvalue weighted by atomic mass is 79.9. The number of aryl methyl sites for hydroxylation is 2. The standard InChI is InChI=1S/C13H13BrN2/c1-8-6-4-5-7-11(8)13-15-10(3)9(2)12(14)16-13/h4-7H,1-3H3. The summed E-state index contributed by atoms with van der Waals surface area (Å²) in [6.07, 6.45) is 0. The van der Waals surface area contributed by atoms with Crippen molar-refractivity contribution in [2.75, 3.05) is 0 Å². The fraction of sp³-hybridized carbons (Fsp3) is 0.231. The lowest BCUT2D eigenvalue weighted by atomic mass is 10.1. The van der Waals surface area contributed by atoms with E-state index in [1.54, 1.807) is 0 Å². The maximum absolute atomic E-state index is 4.52. The van der Waals surface area contributed by atoms with Crippen LogP contribution in [-0.2, 0) is 0 Å². The summed E-state index contributed by atoms with van der Waals surface area (Å²) in [5, 5.41) is 0.